The van der Waals surface area contributed by atoms with Crippen molar-refractivity contribution < 1.29 is 4.79 Å². The van der Waals surface area contributed by atoms with Gasteiger partial charge in [-0.3, -0.25) is 9.69 Å². The third-order valence-corrected chi connectivity index (χ3v) is 5.47. The van der Waals surface area contributed by atoms with E-state index in [1.54, 1.807) is 18.5 Å². The van der Waals surface area contributed by atoms with Crippen molar-refractivity contribution in [2.75, 3.05) is 42.9 Å². The van der Waals surface area contributed by atoms with Crippen molar-refractivity contribution in [3.05, 3.63) is 53.1 Å². The van der Waals surface area contributed by atoms with Crippen LogP contribution in [0.1, 0.15) is 0 Å². The van der Waals surface area contributed by atoms with Crippen molar-refractivity contribution in [2.24, 2.45) is 0 Å². The lowest BCUT2D eigenvalue weighted by Crippen LogP contribution is -2.49. The Bertz CT molecular complexity index is 925. The summed E-state index contributed by atoms with van der Waals surface area (Å²) >= 11 is 7.34. The molecule has 1 saturated heterocycles. The van der Waals surface area contributed by atoms with Crippen molar-refractivity contribution in [1.82, 2.24) is 19.9 Å². The van der Waals surface area contributed by atoms with E-state index in [2.05, 4.69) is 30.1 Å². The number of piperazine rings is 1. The van der Waals surface area contributed by atoms with E-state index in [0.717, 1.165) is 43.4 Å². The maximum Gasteiger partial charge on any atom is 0.240 e. The molecule has 0 atom stereocenters. The Labute approximate surface area is 172 Å². The van der Waals surface area contributed by atoms with Crippen molar-refractivity contribution in [2.45, 2.75) is 0 Å². The lowest BCUT2D eigenvalue weighted by Gasteiger charge is -2.34. The molecule has 9 heteroatoms. The zero-order chi connectivity index (χ0) is 19.3. The summed E-state index contributed by atoms with van der Waals surface area (Å²) in [5, 5.41) is 6.11. The molecule has 28 heavy (non-hydrogen) atoms. The molecule has 1 aromatic carbocycles. The summed E-state index contributed by atoms with van der Waals surface area (Å²) in [4.78, 5) is 29.7. The molecule has 0 radical (unpaired) electrons. The number of anilines is 2. The highest BCUT2D eigenvalue weighted by Gasteiger charge is 2.20. The molecule has 0 unspecified atom stereocenters. The predicted molar refractivity (Wildman–Crippen MR) is 112 cm³/mol. The normalized spacial score (nSPS) is 14.8. The number of halogens is 1. The van der Waals surface area contributed by atoms with Gasteiger partial charge < -0.3 is 10.2 Å². The number of nitrogens with one attached hydrogen (secondary N) is 1. The smallest absolute Gasteiger partial charge is 0.240 e. The number of carbonyl (C=O) groups excluding carboxylic acids is 1. The number of aromatic nitrogens is 3. The van der Waals surface area contributed by atoms with Crippen LogP contribution in [0.3, 0.4) is 0 Å². The van der Waals surface area contributed by atoms with E-state index in [-0.39, 0.29) is 5.91 Å². The second-order valence-electron chi connectivity index (χ2n) is 6.40. The number of benzene rings is 1. The molecular formula is C19H19ClN6OS. The number of rotatable bonds is 5. The van der Waals surface area contributed by atoms with E-state index in [4.69, 9.17) is 11.6 Å². The Hall–Kier alpha value is -2.55. The number of hydrogen-bond donors (Lipinski definition) is 1. The van der Waals surface area contributed by atoms with Crippen LogP contribution >= 0.6 is 22.9 Å². The summed E-state index contributed by atoms with van der Waals surface area (Å²) in [7, 11) is 0. The van der Waals surface area contributed by atoms with Crippen LogP contribution in [0, 0.1) is 0 Å². The first-order chi connectivity index (χ1) is 13.7. The maximum absolute atomic E-state index is 12.4. The van der Waals surface area contributed by atoms with Gasteiger partial charge in [-0.15, -0.1) is 11.3 Å². The van der Waals surface area contributed by atoms with Crippen LogP contribution in [0.2, 0.25) is 5.02 Å². The lowest BCUT2D eigenvalue weighted by atomic mass is 10.2. The molecule has 1 N–H and O–H groups in total. The van der Waals surface area contributed by atoms with E-state index in [0.29, 0.717) is 16.7 Å². The molecule has 0 bridgehead atoms. The third-order valence-electron chi connectivity index (χ3n) is 4.47. The van der Waals surface area contributed by atoms with Gasteiger partial charge in [0.2, 0.25) is 11.9 Å². The van der Waals surface area contributed by atoms with Crippen molar-refractivity contribution >= 4 is 39.9 Å². The Morgan fingerprint density at radius 2 is 1.82 bits per heavy atom. The van der Waals surface area contributed by atoms with Gasteiger partial charge in [0.1, 0.15) is 0 Å². The third kappa shape index (κ3) is 4.64. The fourth-order valence-electron chi connectivity index (χ4n) is 3.01. The molecule has 1 aliphatic heterocycles. The van der Waals surface area contributed by atoms with Gasteiger partial charge in [0.25, 0.3) is 0 Å². The quantitative estimate of drug-likeness (QED) is 0.691. The molecule has 0 spiro atoms. The zero-order valence-electron chi connectivity index (χ0n) is 15.1. The van der Waals surface area contributed by atoms with E-state index >= 15 is 0 Å². The highest BCUT2D eigenvalue weighted by molar-refractivity contribution is 7.14. The molecule has 0 aliphatic carbocycles. The number of carbonyl (C=O) groups is 1. The van der Waals surface area contributed by atoms with E-state index in [9.17, 15) is 4.79 Å². The van der Waals surface area contributed by atoms with Gasteiger partial charge in [-0.05, 0) is 18.2 Å². The molecule has 4 rings (SSSR count). The zero-order valence-corrected chi connectivity index (χ0v) is 16.7. The van der Waals surface area contributed by atoms with Crippen LogP contribution in [0.15, 0.2) is 48.1 Å². The van der Waals surface area contributed by atoms with Crippen LogP contribution < -0.4 is 10.2 Å². The molecule has 3 heterocycles. The van der Waals surface area contributed by atoms with Crippen LogP contribution in [0.5, 0.6) is 0 Å². The van der Waals surface area contributed by atoms with Gasteiger partial charge in [-0.1, -0.05) is 23.7 Å². The van der Waals surface area contributed by atoms with Gasteiger partial charge in [0.15, 0.2) is 5.13 Å². The second kappa shape index (κ2) is 8.64. The first-order valence-electron chi connectivity index (χ1n) is 8.93. The van der Waals surface area contributed by atoms with Crippen molar-refractivity contribution in [3.63, 3.8) is 0 Å². The second-order valence-corrected chi connectivity index (χ2v) is 7.70. The van der Waals surface area contributed by atoms with Crippen LogP contribution in [0.4, 0.5) is 11.1 Å². The summed E-state index contributed by atoms with van der Waals surface area (Å²) in [6.07, 6.45) is 3.49. The van der Waals surface area contributed by atoms with Crippen LogP contribution in [-0.2, 0) is 4.79 Å². The van der Waals surface area contributed by atoms with Gasteiger partial charge in [0.05, 0.1) is 12.2 Å². The molecule has 1 aliphatic rings. The Kier molecular flexibility index (Phi) is 5.80. The minimum atomic E-state index is -0.0542. The van der Waals surface area contributed by atoms with Crippen LogP contribution in [0.25, 0.3) is 11.3 Å². The summed E-state index contributed by atoms with van der Waals surface area (Å²) in [5.41, 5.74) is 1.80. The fraction of sp³-hybridized carbons (Fsp3) is 0.263. The first-order valence-corrected chi connectivity index (χ1v) is 10.2. The average molecular weight is 415 g/mol. The fourth-order valence-corrected chi connectivity index (χ4v) is 3.87. The number of hydrogen-bond acceptors (Lipinski definition) is 7. The first kappa shape index (κ1) is 18.8. The minimum Gasteiger partial charge on any atom is -0.338 e. The van der Waals surface area contributed by atoms with Crippen molar-refractivity contribution in [1.29, 1.82) is 0 Å². The number of thiazole rings is 1. The molecule has 1 fully saturated rings. The Morgan fingerprint density at radius 3 is 2.54 bits per heavy atom. The Morgan fingerprint density at radius 1 is 1.11 bits per heavy atom. The van der Waals surface area contributed by atoms with E-state index in [1.807, 2.05) is 29.6 Å². The average Bonchev–Trinajstić information content (AvgIpc) is 3.18. The summed E-state index contributed by atoms with van der Waals surface area (Å²) in [6, 6.07) is 9.29. The van der Waals surface area contributed by atoms with Gasteiger partial charge >= 0.3 is 0 Å². The van der Waals surface area contributed by atoms with Crippen LogP contribution in [-0.4, -0.2) is 58.5 Å². The number of nitrogens with zero attached hydrogens (tertiary/aromatic N) is 5. The highest BCUT2D eigenvalue weighted by Crippen LogP contribution is 2.26. The summed E-state index contributed by atoms with van der Waals surface area (Å²) in [5.74, 6) is 0.686. The SMILES string of the molecule is O=C(CN1CCN(c2ncccn2)CC1)Nc1nc(-c2ccc(Cl)cc2)cs1. The molecule has 0 saturated carbocycles. The summed E-state index contributed by atoms with van der Waals surface area (Å²) in [6.45, 7) is 3.53. The molecular weight excluding hydrogens is 396 g/mol. The molecule has 144 valence electrons. The standard InChI is InChI=1S/C19H19ClN6OS/c20-15-4-2-14(3-5-15)16-13-28-19(23-16)24-17(27)12-25-8-10-26(11-9-25)18-21-6-1-7-22-18/h1-7,13H,8-12H2,(H,23,24,27). The highest BCUT2D eigenvalue weighted by atomic mass is 35.5. The molecule has 2 aromatic heterocycles. The van der Waals surface area contributed by atoms with Gasteiger partial charge in [0, 0.05) is 54.5 Å². The van der Waals surface area contributed by atoms with Gasteiger partial charge in [-0.25, -0.2) is 15.0 Å². The molecule has 7 nitrogen and oxygen atoms in total. The maximum atomic E-state index is 12.4. The predicted octanol–water partition coefficient (Wildman–Crippen LogP) is 3.01. The van der Waals surface area contributed by atoms with Crippen molar-refractivity contribution in [3.8, 4) is 11.3 Å². The topological polar surface area (TPSA) is 74.2 Å². The van der Waals surface area contributed by atoms with E-state index < -0.39 is 0 Å². The van der Waals surface area contributed by atoms with Gasteiger partial charge in [-0.2, -0.15) is 0 Å². The molecule has 1 amide bonds. The monoisotopic (exact) mass is 414 g/mol. The number of amides is 1. The summed E-state index contributed by atoms with van der Waals surface area (Å²) < 4.78 is 0. The lowest BCUT2D eigenvalue weighted by molar-refractivity contribution is -0.117. The Balaban J connectivity index is 1.28. The minimum absolute atomic E-state index is 0.0542. The largest absolute Gasteiger partial charge is 0.338 e. The molecule has 3 aromatic rings. The van der Waals surface area contributed by atoms with E-state index in [1.165, 1.54) is 11.3 Å².